The monoisotopic (exact) mass is 452 g/mol. The van der Waals surface area contributed by atoms with Crippen LogP contribution in [0.1, 0.15) is 83.6 Å². The van der Waals surface area contributed by atoms with E-state index in [2.05, 4.69) is 13.0 Å². The number of hydrogen-bond donors (Lipinski definition) is 2. The first-order valence-electron chi connectivity index (χ1n) is 13.6. The first-order valence-corrected chi connectivity index (χ1v) is 13.6. The number of allylic oxidation sites excluding steroid dienone is 1. The van der Waals surface area contributed by atoms with Gasteiger partial charge in [0.2, 0.25) is 0 Å². The van der Waals surface area contributed by atoms with E-state index in [0.29, 0.717) is 24.2 Å². The van der Waals surface area contributed by atoms with Crippen LogP contribution in [0.5, 0.6) is 0 Å². The van der Waals surface area contributed by atoms with Crippen LogP contribution in [0.2, 0.25) is 0 Å². The van der Waals surface area contributed by atoms with Crippen LogP contribution in [0, 0.1) is 46.2 Å². The Labute approximate surface area is 198 Å². The van der Waals surface area contributed by atoms with Crippen molar-refractivity contribution in [2.75, 3.05) is 0 Å². The van der Waals surface area contributed by atoms with E-state index in [0.717, 1.165) is 42.6 Å². The zero-order valence-electron chi connectivity index (χ0n) is 20.4. The van der Waals surface area contributed by atoms with Gasteiger partial charge in [-0.05, 0) is 123 Å². The van der Waals surface area contributed by atoms with E-state index in [1.54, 1.807) is 11.6 Å². The van der Waals surface area contributed by atoms with E-state index in [4.69, 9.17) is 0 Å². The molecule has 0 aromatic heterocycles. The quantitative estimate of drug-likeness (QED) is 0.516. The van der Waals surface area contributed by atoms with Crippen molar-refractivity contribution < 1.29 is 14.6 Å². The summed E-state index contributed by atoms with van der Waals surface area (Å²) in [5, 5.41) is 22.1. The Hall–Kier alpha value is -1.19. The molecule has 180 valence electrons. The number of aliphatic hydroxyl groups excluding tert-OH is 1. The normalized spacial score (nSPS) is 45.5. The second kappa shape index (κ2) is 7.65. The predicted octanol–water partition coefficient (Wildman–Crippen LogP) is 6.45. The Balaban J connectivity index is 1.25. The van der Waals surface area contributed by atoms with Gasteiger partial charge >= 0.3 is 0 Å². The van der Waals surface area contributed by atoms with Gasteiger partial charge in [0.25, 0.3) is 0 Å². The van der Waals surface area contributed by atoms with Crippen molar-refractivity contribution in [3.63, 3.8) is 0 Å². The molecule has 0 heterocycles. The van der Waals surface area contributed by atoms with Crippen molar-refractivity contribution in [1.82, 2.24) is 0 Å². The average Bonchev–Trinajstić information content (AvgIpc) is 3.28. The Morgan fingerprint density at radius 2 is 1.91 bits per heavy atom. The third kappa shape index (κ3) is 3.24. The highest BCUT2D eigenvalue weighted by Crippen LogP contribution is 2.78. The molecular formula is C30H41FO2. The molecule has 6 rings (SSSR count). The van der Waals surface area contributed by atoms with Crippen LogP contribution in [0.15, 0.2) is 35.9 Å². The third-order valence-corrected chi connectivity index (χ3v) is 11.4. The standard InChI is InChI=1S/C30H41FO2/c1-28-15-5-7-24-27-22(10-9-20-18-21(32)14-17-30(20,24)27)23(28)11-12-26(28)29(2,33)16-13-19-6-3-4-8-25(19)31/h3-4,6,8-9,21-24,26-27,32-33H,5,7,10-18H2,1-2H3/t21-,22-,23-,24?,26-,27?,28-,29-,30-/m0/s1. The maximum atomic E-state index is 14.2. The summed E-state index contributed by atoms with van der Waals surface area (Å²) in [6.45, 7) is 4.53. The number of rotatable bonds is 4. The number of hydrogen-bond acceptors (Lipinski definition) is 2. The molecule has 0 bridgehead atoms. The summed E-state index contributed by atoms with van der Waals surface area (Å²) < 4.78 is 14.2. The summed E-state index contributed by atoms with van der Waals surface area (Å²) >= 11 is 0. The van der Waals surface area contributed by atoms with Crippen LogP contribution in [0.25, 0.3) is 0 Å². The van der Waals surface area contributed by atoms with Crippen LogP contribution >= 0.6 is 0 Å². The van der Waals surface area contributed by atoms with Gasteiger partial charge in [0, 0.05) is 0 Å². The second-order valence-electron chi connectivity index (χ2n) is 12.8. The molecule has 0 amide bonds. The van der Waals surface area contributed by atoms with Crippen molar-refractivity contribution in [2.24, 2.45) is 40.4 Å². The molecule has 1 spiro atoms. The largest absolute Gasteiger partial charge is 0.393 e. The highest BCUT2D eigenvalue weighted by atomic mass is 19.1. The summed E-state index contributed by atoms with van der Waals surface area (Å²) in [5.74, 6) is 3.21. The Bertz CT molecular complexity index is 952. The van der Waals surface area contributed by atoms with Gasteiger partial charge in [0.1, 0.15) is 5.82 Å². The van der Waals surface area contributed by atoms with Crippen LogP contribution in [-0.4, -0.2) is 21.9 Å². The Morgan fingerprint density at radius 1 is 1.09 bits per heavy atom. The average molecular weight is 453 g/mol. The van der Waals surface area contributed by atoms with E-state index in [1.807, 2.05) is 19.1 Å². The van der Waals surface area contributed by atoms with Gasteiger partial charge < -0.3 is 10.2 Å². The first-order chi connectivity index (χ1) is 15.8. The Morgan fingerprint density at radius 3 is 2.73 bits per heavy atom. The molecule has 5 aliphatic carbocycles. The molecule has 9 atom stereocenters. The molecule has 0 saturated heterocycles. The molecule has 4 fully saturated rings. The summed E-state index contributed by atoms with van der Waals surface area (Å²) in [6.07, 6.45) is 14.0. The molecule has 3 heteroatoms. The van der Waals surface area contributed by atoms with E-state index in [1.165, 1.54) is 44.6 Å². The minimum atomic E-state index is -0.768. The van der Waals surface area contributed by atoms with Gasteiger partial charge in [0.15, 0.2) is 0 Å². The van der Waals surface area contributed by atoms with Gasteiger partial charge in [-0.3, -0.25) is 0 Å². The SMILES string of the molecule is C[C@]12CCCC3C4[C@@H](CC=C5C[C@@H](O)CC[C@]534)[C@@H]1CC[C@@H]2[C@@](C)(O)CCc1ccccc1F. The van der Waals surface area contributed by atoms with Crippen molar-refractivity contribution in [1.29, 1.82) is 0 Å². The smallest absolute Gasteiger partial charge is 0.126 e. The van der Waals surface area contributed by atoms with E-state index < -0.39 is 5.60 Å². The van der Waals surface area contributed by atoms with Crippen LogP contribution in [0.4, 0.5) is 4.39 Å². The van der Waals surface area contributed by atoms with Crippen LogP contribution in [-0.2, 0) is 6.42 Å². The molecule has 0 aliphatic heterocycles. The molecular weight excluding hydrogens is 411 g/mol. The summed E-state index contributed by atoms with van der Waals surface area (Å²) in [4.78, 5) is 0. The van der Waals surface area contributed by atoms with Gasteiger partial charge in [-0.1, -0.05) is 43.2 Å². The van der Waals surface area contributed by atoms with Crippen LogP contribution < -0.4 is 0 Å². The van der Waals surface area contributed by atoms with Crippen molar-refractivity contribution >= 4 is 0 Å². The fraction of sp³-hybridized carbons (Fsp3) is 0.733. The zero-order valence-corrected chi connectivity index (χ0v) is 20.4. The maximum Gasteiger partial charge on any atom is 0.126 e. The summed E-state index contributed by atoms with van der Waals surface area (Å²) in [5.41, 5.74) is 2.14. The fourth-order valence-electron chi connectivity index (χ4n) is 10.0. The lowest BCUT2D eigenvalue weighted by atomic mass is 9.58. The molecule has 4 saturated carbocycles. The highest BCUT2D eigenvalue weighted by molar-refractivity contribution is 5.36. The number of aryl methyl sites for hydroxylation is 1. The minimum absolute atomic E-state index is 0.129. The zero-order chi connectivity index (χ0) is 23.0. The van der Waals surface area contributed by atoms with Gasteiger partial charge in [-0.25, -0.2) is 4.39 Å². The predicted molar refractivity (Wildman–Crippen MR) is 129 cm³/mol. The fourth-order valence-corrected chi connectivity index (χ4v) is 10.0. The number of benzene rings is 1. The highest BCUT2D eigenvalue weighted by Gasteiger charge is 2.72. The summed E-state index contributed by atoms with van der Waals surface area (Å²) in [6, 6.07) is 7.03. The number of halogens is 1. The van der Waals surface area contributed by atoms with Gasteiger partial charge in [-0.15, -0.1) is 0 Å². The molecule has 5 aliphatic rings. The van der Waals surface area contributed by atoms with E-state index >= 15 is 0 Å². The van der Waals surface area contributed by atoms with E-state index in [-0.39, 0.29) is 23.3 Å². The van der Waals surface area contributed by atoms with Crippen LogP contribution in [0.3, 0.4) is 0 Å². The molecule has 2 unspecified atom stereocenters. The second-order valence-corrected chi connectivity index (χ2v) is 12.8. The number of aliphatic hydroxyl groups is 2. The molecule has 1 aromatic rings. The lowest BCUT2D eigenvalue weighted by molar-refractivity contribution is -0.0737. The minimum Gasteiger partial charge on any atom is -0.393 e. The topological polar surface area (TPSA) is 40.5 Å². The van der Waals surface area contributed by atoms with Crippen molar-refractivity contribution in [2.45, 2.75) is 96.2 Å². The first kappa shape index (κ1) is 22.3. The Kier molecular flexibility index (Phi) is 5.17. The lowest BCUT2D eigenvalue weighted by Crippen LogP contribution is -2.46. The van der Waals surface area contributed by atoms with Crippen molar-refractivity contribution in [3.8, 4) is 0 Å². The molecule has 2 nitrogen and oxygen atoms in total. The summed E-state index contributed by atoms with van der Waals surface area (Å²) in [7, 11) is 0. The molecule has 33 heavy (non-hydrogen) atoms. The maximum absolute atomic E-state index is 14.2. The van der Waals surface area contributed by atoms with E-state index in [9.17, 15) is 14.6 Å². The molecule has 2 N–H and O–H groups in total. The number of fused-ring (bicyclic) bond motifs is 2. The van der Waals surface area contributed by atoms with Crippen molar-refractivity contribution in [3.05, 3.63) is 47.3 Å². The lowest BCUT2D eigenvalue weighted by Gasteiger charge is -2.48. The van der Waals surface area contributed by atoms with Gasteiger partial charge in [0.05, 0.1) is 11.7 Å². The van der Waals surface area contributed by atoms with Gasteiger partial charge in [-0.2, -0.15) is 0 Å². The molecule has 0 radical (unpaired) electrons. The molecule has 1 aromatic carbocycles. The third-order valence-electron chi connectivity index (χ3n) is 11.4.